The van der Waals surface area contributed by atoms with E-state index in [1.54, 1.807) is 0 Å². The van der Waals surface area contributed by atoms with E-state index in [1.807, 2.05) is 49.0 Å². The van der Waals surface area contributed by atoms with E-state index in [-0.39, 0.29) is 0 Å². The molecule has 104 valence electrons. The fourth-order valence-corrected chi connectivity index (χ4v) is 2.84. The predicted octanol–water partition coefficient (Wildman–Crippen LogP) is 3.54. The Kier molecular flexibility index (Phi) is 2.53. The van der Waals surface area contributed by atoms with E-state index in [2.05, 4.69) is 19.9 Å². The SMILES string of the molecule is Cc1cn2cc(-c3nc(C)nc4[nH]ccc34)cc(Cl)c2n1. The van der Waals surface area contributed by atoms with Crippen molar-refractivity contribution in [3.63, 3.8) is 0 Å². The molecule has 0 fully saturated rings. The van der Waals surface area contributed by atoms with Gasteiger partial charge in [-0.3, -0.25) is 0 Å². The quantitative estimate of drug-likeness (QED) is 0.584. The summed E-state index contributed by atoms with van der Waals surface area (Å²) >= 11 is 6.36. The molecule has 0 radical (unpaired) electrons. The highest BCUT2D eigenvalue weighted by Gasteiger charge is 2.12. The van der Waals surface area contributed by atoms with Crippen LogP contribution in [0.15, 0.2) is 30.7 Å². The van der Waals surface area contributed by atoms with Crippen molar-refractivity contribution in [2.75, 3.05) is 0 Å². The molecule has 4 heterocycles. The third-order valence-electron chi connectivity index (χ3n) is 3.43. The molecule has 0 saturated carbocycles. The van der Waals surface area contributed by atoms with Crippen LogP contribution in [0.4, 0.5) is 0 Å². The molecule has 1 N–H and O–H groups in total. The number of halogens is 1. The molecule has 0 saturated heterocycles. The standard InChI is InChI=1S/C15H12ClN5/c1-8-6-21-7-10(5-12(16)15(21)18-8)13-11-3-4-17-14(11)20-9(2)19-13/h3-7H,1-2H3,(H,17,19,20). The molecule has 0 aliphatic heterocycles. The van der Waals surface area contributed by atoms with Crippen molar-refractivity contribution < 1.29 is 0 Å². The number of pyridine rings is 1. The fraction of sp³-hybridized carbons (Fsp3) is 0.133. The Morgan fingerprint density at radius 1 is 1.14 bits per heavy atom. The lowest BCUT2D eigenvalue weighted by Crippen LogP contribution is -1.95. The number of aromatic nitrogens is 5. The predicted molar refractivity (Wildman–Crippen MR) is 82.6 cm³/mol. The Morgan fingerprint density at radius 2 is 2.00 bits per heavy atom. The molecule has 4 rings (SSSR count). The van der Waals surface area contributed by atoms with Crippen LogP contribution in [0.1, 0.15) is 11.5 Å². The van der Waals surface area contributed by atoms with Gasteiger partial charge in [0.05, 0.1) is 16.4 Å². The lowest BCUT2D eigenvalue weighted by Gasteiger charge is -2.06. The zero-order valence-corrected chi connectivity index (χ0v) is 12.3. The van der Waals surface area contributed by atoms with E-state index >= 15 is 0 Å². The number of aryl methyl sites for hydroxylation is 2. The van der Waals surface area contributed by atoms with Crippen molar-refractivity contribution in [2.24, 2.45) is 0 Å². The highest BCUT2D eigenvalue weighted by Crippen LogP contribution is 2.29. The zero-order chi connectivity index (χ0) is 14.6. The molecule has 0 amide bonds. The van der Waals surface area contributed by atoms with Crippen molar-refractivity contribution in [2.45, 2.75) is 13.8 Å². The van der Waals surface area contributed by atoms with Gasteiger partial charge in [-0.2, -0.15) is 0 Å². The summed E-state index contributed by atoms with van der Waals surface area (Å²) in [5, 5.41) is 1.59. The van der Waals surface area contributed by atoms with Gasteiger partial charge < -0.3 is 9.38 Å². The summed E-state index contributed by atoms with van der Waals surface area (Å²) in [6.07, 6.45) is 5.81. The number of aromatic amines is 1. The van der Waals surface area contributed by atoms with Gasteiger partial charge in [-0.1, -0.05) is 11.6 Å². The lowest BCUT2D eigenvalue weighted by molar-refractivity contribution is 1.08. The molecular formula is C15H12ClN5. The van der Waals surface area contributed by atoms with Gasteiger partial charge in [0.15, 0.2) is 5.65 Å². The largest absolute Gasteiger partial charge is 0.346 e. The maximum absolute atomic E-state index is 6.36. The smallest absolute Gasteiger partial charge is 0.155 e. The van der Waals surface area contributed by atoms with Gasteiger partial charge in [0.2, 0.25) is 0 Å². The highest BCUT2D eigenvalue weighted by atomic mass is 35.5. The number of rotatable bonds is 1. The number of hydrogen-bond acceptors (Lipinski definition) is 3. The van der Waals surface area contributed by atoms with Crippen LogP contribution in [-0.4, -0.2) is 24.3 Å². The van der Waals surface area contributed by atoms with Gasteiger partial charge in [0, 0.05) is 29.5 Å². The lowest BCUT2D eigenvalue weighted by atomic mass is 10.1. The molecule has 0 aliphatic carbocycles. The van der Waals surface area contributed by atoms with Crippen LogP contribution in [0.3, 0.4) is 0 Å². The van der Waals surface area contributed by atoms with Crippen molar-refractivity contribution in [1.29, 1.82) is 0 Å². The molecular weight excluding hydrogens is 286 g/mol. The number of imidazole rings is 1. The van der Waals surface area contributed by atoms with Gasteiger partial charge in [-0.25, -0.2) is 15.0 Å². The van der Waals surface area contributed by atoms with Crippen LogP contribution in [0.2, 0.25) is 5.02 Å². The first-order chi connectivity index (χ1) is 10.1. The average molecular weight is 298 g/mol. The van der Waals surface area contributed by atoms with Crippen LogP contribution in [0, 0.1) is 13.8 Å². The molecule has 0 bridgehead atoms. The van der Waals surface area contributed by atoms with Crippen molar-refractivity contribution in [3.8, 4) is 11.3 Å². The number of nitrogens with one attached hydrogen (secondary N) is 1. The Labute approximate surface area is 125 Å². The van der Waals surface area contributed by atoms with E-state index < -0.39 is 0 Å². The summed E-state index contributed by atoms with van der Waals surface area (Å²) in [5.41, 5.74) is 4.33. The third kappa shape index (κ3) is 1.89. The van der Waals surface area contributed by atoms with Crippen LogP contribution >= 0.6 is 11.6 Å². The second-order valence-electron chi connectivity index (χ2n) is 5.05. The molecule has 0 atom stereocenters. The summed E-state index contributed by atoms with van der Waals surface area (Å²) in [5.74, 6) is 0.720. The summed E-state index contributed by atoms with van der Waals surface area (Å²) < 4.78 is 1.93. The van der Waals surface area contributed by atoms with E-state index in [1.165, 1.54) is 0 Å². The first kappa shape index (κ1) is 12.3. The molecule has 5 nitrogen and oxygen atoms in total. The number of nitrogens with zero attached hydrogens (tertiary/aromatic N) is 4. The van der Waals surface area contributed by atoms with Crippen molar-refractivity contribution >= 4 is 28.3 Å². The molecule has 4 aromatic heterocycles. The molecule has 0 spiro atoms. The first-order valence-electron chi connectivity index (χ1n) is 6.59. The second kappa shape index (κ2) is 4.30. The molecule has 0 aliphatic rings. The van der Waals surface area contributed by atoms with E-state index in [9.17, 15) is 0 Å². The van der Waals surface area contributed by atoms with E-state index in [4.69, 9.17) is 11.6 Å². The van der Waals surface area contributed by atoms with Gasteiger partial charge in [0.25, 0.3) is 0 Å². The summed E-state index contributed by atoms with van der Waals surface area (Å²) in [6.45, 7) is 3.83. The molecule has 0 aromatic carbocycles. The number of H-pyrrole nitrogens is 1. The average Bonchev–Trinajstić information content (AvgIpc) is 3.03. The molecule has 0 unspecified atom stereocenters. The van der Waals surface area contributed by atoms with Crippen LogP contribution in [0.5, 0.6) is 0 Å². The van der Waals surface area contributed by atoms with Crippen molar-refractivity contribution in [1.82, 2.24) is 24.3 Å². The Bertz CT molecular complexity index is 982. The Hall–Kier alpha value is -2.40. The Morgan fingerprint density at radius 3 is 2.86 bits per heavy atom. The van der Waals surface area contributed by atoms with Crippen LogP contribution in [-0.2, 0) is 0 Å². The third-order valence-corrected chi connectivity index (χ3v) is 3.71. The molecule has 6 heteroatoms. The van der Waals surface area contributed by atoms with Gasteiger partial charge in [-0.05, 0) is 26.0 Å². The van der Waals surface area contributed by atoms with Gasteiger partial charge in [0.1, 0.15) is 11.5 Å². The van der Waals surface area contributed by atoms with E-state index in [0.717, 1.165) is 39.5 Å². The fourth-order valence-electron chi connectivity index (χ4n) is 2.58. The second-order valence-corrected chi connectivity index (χ2v) is 5.46. The topological polar surface area (TPSA) is 58.9 Å². The van der Waals surface area contributed by atoms with Gasteiger partial charge >= 0.3 is 0 Å². The molecule has 4 aromatic rings. The van der Waals surface area contributed by atoms with Crippen LogP contribution in [0.25, 0.3) is 27.9 Å². The van der Waals surface area contributed by atoms with Gasteiger partial charge in [-0.15, -0.1) is 0 Å². The summed E-state index contributed by atoms with van der Waals surface area (Å²) in [7, 11) is 0. The van der Waals surface area contributed by atoms with Crippen LogP contribution < -0.4 is 0 Å². The Balaban J connectivity index is 2.06. The minimum absolute atomic E-state index is 0.612. The van der Waals surface area contributed by atoms with E-state index in [0.29, 0.717) is 5.02 Å². The number of fused-ring (bicyclic) bond motifs is 2. The number of hydrogen-bond donors (Lipinski definition) is 1. The summed E-state index contributed by atoms with van der Waals surface area (Å²) in [6, 6.07) is 3.87. The first-order valence-corrected chi connectivity index (χ1v) is 6.96. The maximum atomic E-state index is 6.36. The van der Waals surface area contributed by atoms with Crippen molar-refractivity contribution in [3.05, 3.63) is 47.3 Å². The maximum Gasteiger partial charge on any atom is 0.155 e. The minimum atomic E-state index is 0.612. The minimum Gasteiger partial charge on any atom is -0.346 e. The summed E-state index contributed by atoms with van der Waals surface area (Å²) in [4.78, 5) is 16.5. The highest BCUT2D eigenvalue weighted by molar-refractivity contribution is 6.33. The molecule has 21 heavy (non-hydrogen) atoms. The monoisotopic (exact) mass is 297 g/mol. The normalized spacial score (nSPS) is 11.6. The zero-order valence-electron chi connectivity index (χ0n) is 11.6.